The summed E-state index contributed by atoms with van der Waals surface area (Å²) in [5, 5.41) is 2.77. The molecule has 3 nitrogen and oxygen atoms in total. The molecule has 1 aliphatic rings. The SMILES string of the molecule is CNC(C)C1=Cc2ccc(C(F)(F)F)cc2S1(=O)=O. The first-order chi connectivity index (χ1) is 8.67. The average Bonchev–Trinajstić information content (AvgIpc) is 2.59. The van der Waals surface area contributed by atoms with Crippen molar-refractivity contribution in [3.8, 4) is 0 Å². The molecule has 0 aliphatic carbocycles. The van der Waals surface area contributed by atoms with Crippen molar-refractivity contribution in [2.24, 2.45) is 0 Å². The summed E-state index contributed by atoms with van der Waals surface area (Å²) in [5.74, 6) is 0. The molecule has 0 radical (unpaired) electrons. The molecule has 0 saturated heterocycles. The minimum Gasteiger partial charge on any atom is -0.313 e. The van der Waals surface area contributed by atoms with Crippen LogP contribution in [-0.2, 0) is 16.0 Å². The van der Waals surface area contributed by atoms with Crippen molar-refractivity contribution < 1.29 is 21.6 Å². The molecular formula is C12H12F3NO2S. The summed E-state index contributed by atoms with van der Waals surface area (Å²) in [4.78, 5) is -0.191. The van der Waals surface area contributed by atoms with E-state index in [2.05, 4.69) is 5.32 Å². The third-order valence-electron chi connectivity index (χ3n) is 3.10. The molecule has 1 N–H and O–H groups in total. The van der Waals surface area contributed by atoms with E-state index < -0.39 is 27.6 Å². The van der Waals surface area contributed by atoms with E-state index in [4.69, 9.17) is 0 Å². The van der Waals surface area contributed by atoms with Gasteiger partial charge in [-0.3, -0.25) is 0 Å². The Morgan fingerprint density at radius 3 is 2.42 bits per heavy atom. The van der Waals surface area contributed by atoms with Crippen LogP contribution in [0.15, 0.2) is 28.0 Å². The van der Waals surface area contributed by atoms with Gasteiger partial charge in [0.05, 0.1) is 15.4 Å². The minimum atomic E-state index is -4.55. The van der Waals surface area contributed by atoms with E-state index in [9.17, 15) is 21.6 Å². The van der Waals surface area contributed by atoms with Gasteiger partial charge in [-0.15, -0.1) is 0 Å². The quantitative estimate of drug-likeness (QED) is 0.910. The predicted octanol–water partition coefficient (Wildman–Crippen LogP) is 2.44. The van der Waals surface area contributed by atoms with Crippen molar-refractivity contribution in [1.82, 2.24) is 5.32 Å². The highest BCUT2D eigenvalue weighted by Crippen LogP contribution is 2.38. The molecule has 2 rings (SSSR count). The second-order valence-electron chi connectivity index (χ2n) is 4.31. The topological polar surface area (TPSA) is 46.2 Å². The molecule has 0 fully saturated rings. The molecule has 0 amide bonds. The number of alkyl halides is 3. The summed E-state index contributed by atoms with van der Waals surface area (Å²) in [5.41, 5.74) is -0.660. The maximum atomic E-state index is 12.6. The van der Waals surface area contributed by atoms with Crippen LogP contribution in [0.1, 0.15) is 18.1 Å². The van der Waals surface area contributed by atoms with Crippen molar-refractivity contribution in [3.63, 3.8) is 0 Å². The zero-order valence-electron chi connectivity index (χ0n) is 10.2. The summed E-state index contributed by atoms with van der Waals surface area (Å²) in [7, 11) is -2.25. The van der Waals surface area contributed by atoms with Gasteiger partial charge >= 0.3 is 6.18 Å². The summed E-state index contributed by atoms with van der Waals surface area (Å²) in [6.45, 7) is 1.64. The van der Waals surface area contributed by atoms with Crippen molar-refractivity contribution in [3.05, 3.63) is 34.2 Å². The number of hydrogen-bond acceptors (Lipinski definition) is 3. The van der Waals surface area contributed by atoms with Crippen molar-refractivity contribution in [2.45, 2.75) is 24.0 Å². The van der Waals surface area contributed by atoms with E-state index in [0.29, 0.717) is 11.6 Å². The number of benzene rings is 1. The standard InChI is InChI=1S/C12H12F3NO2S/c1-7(16-2)10-5-8-3-4-9(12(13,14)15)6-11(8)19(10,17)18/h3-7,16H,1-2H3. The Morgan fingerprint density at radius 2 is 1.89 bits per heavy atom. The highest BCUT2D eigenvalue weighted by Gasteiger charge is 2.36. The summed E-state index contributed by atoms with van der Waals surface area (Å²) >= 11 is 0. The van der Waals surface area contributed by atoms with E-state index in [1.165, 1.54) is 12.1 Å². The van der Waals surface area contributed by atoms with Gasteiger partial charge < -0.3 is 5.32 Å². The van der Waals surface area contributed by atoms with Crippen LogP contribution in [0.2, 0.25) is 0 Å². The number of likely N-dealkylation sites (N-methyl/N-ethyl adjacent to an activating group) is 1. The third-order valence-corrected chi connectivity index (χ3v) is 5.12. The number of nitrogens with one attached hydrogen (secondary N) is 1. The molecule has 1 aromatic carbocycles. The van der Waals surface area contributed by atoms with Gasteiger partial charge in [-0.25, -0.2) is 8.42 Å². The largest absolute Gasteiger partial charge is 0.416 e. The van der Waals surface area contributed by atoms with Gasteiger partial charge in [-0.1, -0.05) is 6.07 Å². The van der Waals surface area contributed by atoms with Crippen LogP contribution in [-0.4, -0.2) is 21.5 Å². The van der Waals surface area contributed by atoms with Gasteiger partial charge in [0.1, 0.15) is 0 Å². The van der Waals surface area contributed by atoms with Crippen molar-refractivity contribution in [1.29, 1.82) is 0 Å². The number of rotatable bonds is 2. The molecule has 7 heteroatoms. The molecule has 104 valence electrons. The molecule has 1 aromatic rings. The molecule has 1 unspecified atom stereocenters. The fourth-order valence-corrected chi connectivity index (χ4v) is 3.76. The van der Waals surface area contributed by atoms with E-state index in [-0.39, 0.29) is 9.80 Å². The van der Waals surface area contributed by atoms with E-state index in [1.54, 1.807) is 14.0 Å². The van der Waals surface area contributed by atoms with Crippen LogP contribution >= 0.6 is 0 Å². The summed E-state index contributed by atoms with van der Waals surface area (Å²) in [6, 6.07) is 2.31. The third kappa shape index (κ3) is 2.28. The Bertz CT molecular complexity index is 647. The van der Waals surface area contributed by atoms with E-state index in [0.717, 1.165) is 6.07 Å². The Morgan fingerprint density at radius 1 is 1.26 bits per heavy atom. The molecular weight excluding hydrogens is 279 g/mol. The lowest BCUT2D eigenvalue weighted by atomic mass is 10.1. The van der Waals surface area contributed by atoms with Gasteiger partial charge in [-0.05, 0) is 37.7 Å². The van der Waals surface area contributed by atoms with Gasteiger partial charge in [0.25, 0.3) is 0 Å². The molecule has 1 heterocycles. The van der Waals surface area contributed by atoms with Gasteiger partial charge in [0.2, 0.25) is 9.84 Å². The van der Waals surface area contributed by atoms with Crippen LogP contribution in [0.5, 0.6) is 0 Å². The first kappa shape index (κ1) is 14.1. The van der Waals surface area contributed by atoms with Crippen LogP contribution < -0.4 is 5.32 Å². The maximum absolute atomic E-state index is 12.6. The molecule has 19 heavy (non-hydrogen) atoms. The number of hydrogen-bond donors (Lipinski definition) is 1. The minimum absolute atomic E-state index is 0.0873. The van der Waals surface area contributed by atoms with Gasteiger partial charge in [0, 0.05) is 6.04 Å². The zero-order valence-corrected chi connectivity index (χ0v) is 11.1. The highest BCUT2D eigenvalue weighted by atomic mass is 32.2. The number of fused-ring (bicyclic) bond motifs is 1. The first-order valence-corrected chi connectivity index (χ1v) is 7.01. The fraction of sp³-hybridized carbons (Fsp3) is 0.333. The Labute approximate surface area is 109 Å². The van der Waals surface area contributed by atoms with Crippen LogP contribution in [0.3, 0.4) is 0 Å². The summed E-state index contributed by atoms with van der Waals surface area (Å²) < 4.78 is 62.2. The smallest absolute Gasteiger partial charge is 0.313 e. The van der Waals surface area contributed by atoms with Gasteiger partial charge in [0.15, 0.2) is 0 Å². The van der Waals surface area contributed by atoms with Crippen LogP contribution in [0.25, 0.3) is 6.08 Å². The Kier molecular flexibility index (Phi) is 3.22. The first-order valence-electron chi connectivity index (χ1n) is 5.53. The average molecular weight is 291 g/mol. The van der Waals surface area contributed by atoms with Gasteiger partial charge in [-0.2, -0.15) is 13.2 Å². The lowest BCUT2D eigenvalue weighted by Crippen LogP contribution is -2.26. The maximum Gasteiger partial charge on any atom is 0.416 e. The fourth-order valence-electron chi connectivity index (χ4n) is 1.92. The number of halogens is 3. The van der Waals surface area contributed by atoms with E-state index >= 15 is 0 Å². The molecule has 0 bridgehead atoms. The molecule has 0 saturated carbocycles. The Balaban J connectivity index is 2.57. The normalized spacial score (nSPS) is 18.9. The van der Waals surface area contributed by atoms with Crippen LogP contribution in [0, 0.1) is 0 Å². The lowest BCUT2D eigenvalue weighted by molar-refractivity contribution is -0.137. The van der Waals surface area contributed by atoms with E-state index in [1.807, 2.05) is 0 Å². The predicted molar refractivity (Wildman–Crippen MR) is 65.1 cm³/mol. The zero-order chi connectivity index (χ0) is 14.4. The molecule has 0 spiro atoms. The lowest BCUT2D eigenvalue weighted by Gasteiger charge is -2.12. The monoisotopic (exact) mass is 291 g/mol. The molecule has 1 atom stereocenters. The molecule has 0 aromatic heterocycles. The van der Waals surface area contributed by atoms with Crippen molar-refractivity contribution >= 4 is 15.9 Å². The summed E-state index contributed by atoms with van der Waals surface area (Å²) in [6.07, 6.45) is -3.14. The van der Waals surface area contributed by atoms with Crippen LogP contribution in [0.4, 0.5) is 13.2 Å². The Hall–Kier alpha value is -1.34. The highest BCUT2D eigenvalue weighted by molar-refractivity contribution is 7.96. The second-order valence-corrected chi connectivity index (χ2v) is 6.23. The van der Waals surface area contributed by atoms with Crippen molar-refractivity contribution in [2.75, 3.05) is 7.05 Å². The second kappa shape index (κ2) is 4.35. The molecule has 1 aliphatic heterocycles. The number of sulfone groups is 1.